The van der Waals surface area contributed by atoms with E-state index in [-0.39, 0.29) is 5.69 Å². The maximum Gasteiger partial charge on any atom is 0.347 e. The van der Waals surface area contributed by atoms with Crippen LogP contribution in [-0.4, -0.2) is 22.6 Å². The minimum atomic E-state index is -0.131. The van der Waals surface area contributed by atoms with Crippen LogP contribution in [0.5, 0.6) is 0 Å². The molecule has 0 radical (unpaired) electrons. The van der Waals surface area contributed by atoms with E-state index in [2.05, 4.69) is 17.2 Å². The van der Waals surface area contributed by atoms with Crippen molar-refractivity contribution in [2.75, 3.05) is 13.1 Å². The second-order valence-corrected chi connectivity index (χ2v) is 4.08. The van der Waals surface area contributed by atoms with Gasteiger partial charge in [0.1, 0.15) is 0 Å². The summed E-state index contributed by atoms with van der Waals surface area (Å²) in [5.41, 5.74) is 1.66. The SMILES string of the molecule is CCCNCCCn1c(C)cc(C)nc1=O. The van der Waals surface area contributed by atoms with Crippen molar-refractivity contribution in [3.05, 3.63) is 27.9 Å². The van der Waals surface area contributed by atoms with Gasteiger partial charge < -0.3 is 5.32 Å². The highest BCUT2D eigenvalue weighted by molar-refractivity contribution is 5.06. The van der Waals surface area contributed by atoms with Gasteiger partial charge >= 0.3 is 5.69 Å². The quantitative estimate of drug-likeness (QED) is 0.738. The third-order valence-corrected chi connectivity index (χ3v) is 2.51. The summed E-state index contributed by atoms with van der Waals surface area (Å²) >= 11 is 0. The van der Waals surface area contributed by atoms with E-state index < -0.39 is 0 Å². The third-order valence-electron chi connectivity index (χ3n) is 2.51. The van der Waals surface area contributed by atoms with E-state index in [0.29, 0.717) is 0 Å². The summed E-state index contributed by atoms with van der Waals surface area (Å²) < 4.78 is 1.74. The molecule has 16 heavy (non-hydrogen) atoms. The second kappa shape index (κ2) is 6.43. The minimum Gasteiger partial charge on any atom is -0.317 e. The van der Waals surface area contributed by atoms with Crippen LogP contribution in [0.15, 0.2) is 10.9 Å². The second-order valence-electron chi connectivity index (χ2n) is 4.08. The van der Waals surface area contributed by atoms with Crippen LogP contribution < -0.4 is 11.0 Å². The Hall–Kier alpha value is -1.16. The molecule has 0 spiro atoms. The van der Waals surface area contributed by atoms with Crippen LogP contribution in [-0.2, 0) is 6.54 Å². The predicted molar refractivity (Wildman–Crippen MR) is 65.7 cm³/mol. The van der Waals surface area contributed by atoms with E-state index in [1.807, 2.05) is 19.9 Å². The molecule has 1 heterocycles. The van der Waals surface area contributed by atoms with Crippen molar-refractivity contribution < 1.29 is 0 Å². The van der Waals surface area contributed by atoms with Gasteiger partial charge in [-0.15, -0.1) is 0 Å². The Morgan fingerprint density at radius 3 is 2.75 bits per heavy atom. The molecule has 0 bridgehead atoms. The summed E-state index contributed by atoms with van der Waals surface area (Å²) in [6.45, 7) is 8.69. The summed E-state index contributed by atoms with van der Waals surface area (Å²) in [5, 5.41) is 3.32. The van der Waals surface area contributed by atoms with Crippen LogP contribution in [0, 0.1) is 13.8 Å². The number of rotatable bonds is 6. The van der Waals surface area contributed by atoms with Crippen LogP contribution in [0.25, 0.3) is 0 Å². The van der Waals surface area contributed by atoms with Crippen molar-refractivity contribution in [3.63, 3.8) is 0 Å². The van der Waals surface area contributed by atoms with Gasteiger partial charge in [-0.25, -0.2) is 4.79 Å². The molecule has 0 aromatic carbocycles. The molecule has 0 saturated heterocycles. The number of aromatic nitrogens is 2. The first-order valence-electron chi connectivity index (χ1n) is 5.91. The lowest BCUT2D eigenvalue weighted by Crippen LogP contribution is -2.27. The third kappa shape index (κ3) is 3.77. The standard InChI is InChI=1S/C12H21N3O/c1-4-6-13-7-5-8-15-11(3)9-10(2)14-12(15)16/h9,13H,4-8H2,1-3H3. The largest absolute Gasteiger partial charge is 0.347 e. The molecule has 4 nitrogen and oxygen atoms in total. The van der Waals surface area contributed by atoms with Crippen molar-refractivity contribution in [2.45, 2.75) is 40.2 Å². The van der Waals surface area contributed by atoms with Crippen molar-refractivity contribution in [1.82, 2.24) is 14.9 Å². The fourth-order valence-electron chi connectivity index (χ4n) is 1.71. The fourth-order valence-corrected chi connectivity index (χ4v) is 1.71. The van der Waals surface area contributed by atoms with Crippen molar-refractivity contribution in [1.29, 1.82) is 0 Å². The normalized spacial score (nSPS) is 10.7. The molecule has 0 amide bonds. The van der Waals surface area contributed by atoms with E-state index >= 15 is 0 Å². The predicted octanol–water partition coefficient (Wildman–Crippen LogP) is 1.25. The molecule has 0 unspecified atom stereocenters. The van der Waals surface area contributed by atoms with Crippen molar-refractivity contribution in [2.24, 2.45) is 0 Å². The lowest BCUT2D eigenvalue weighted by atomic mass is 10.3. The average molecular weight is 223 g/mol. The van der Waals surface area contributed by atoms with Crippen molar-refractivity contribution in [3.8, 4) is 0 Å². The highest BCUT2D eigenvalue weighted by Gasteiger charge is 2.01. The lowest BCUT2D eigenvalue weighted by Gasteiger charge is -2.09. The van der Waals surface area contributed by atoms with Gasteiger partial charge in [0.05, 0.1) is 0 Å². The molecule has 0 aliphatic heterocycles. The molecule has 0 saturated carbocycles. The smallest absolute Gasteiger partial charge is 0.317 e. The Bertz CT molecular complexity index is 384. The zero-order valence-electron chi connectivity index (χ0n) is 10.4. The first-order valence-corrected chi connectivity index (χ1v) is 5.91. The molecule has 1 aromatic rings. The van der Waals surface area contributed by atoms with Gasteiger partial charge in [-0.3, -0.25) is 4.57 Å². The van der Waals surface area contributed by atoms with E-state index in [1.54, 1.807) is 4.57 Å². The Balaban J connectivity index is 2.51. The molecule has 90 valence electrons. The van der Waals surface area contributed by atoms with Gasteiger partial charge in [-0.05, 0) is 45.8 Å². The fraction of sp³-hybridized carbons (Fsp3) is 0.667. The molecule has 1 rings (SSSR count). The van der Waals surface area contributed by atoms with E-state index in [1.165, 1.54) is 0 Å². The molecule has 0 atom stereocenters. The van der Waals surface area contributed by atoms with E-state index in [0.717, 1.165) is 43.9 Å². The van der Waals surface area contributed by atoms with E-state index in [9.17, 15) is 4.79 Å². The Morgan fingerprint density at radius 2 is 2.12 bits per heavy atom. The maximum atomic E-state index is 11.6. The van der Waals surface area contributed by atoms with Gasteiger partial charge in [-0.1, -0.05) is 6.92 Å². The Kier molecular flexibility index (Phi) is 5.19. The first kappa shape index (κ1) is 12.9. The van der Waals surface area contributed by atoms with Crippen LogP contribution in [0.1, 0.15) is 31.2 Å². The van der Waals surface area contributed by atoms with Gasteiger partial charge in [0.2, 0.25) is 0 Å². The number of hydrogen-bond acceptors (Lipinski definition) is 3. The van der Waals surface area contributed by atoms with Gasteiger partial charge in [-0.2, -0.15) is 4.98 Å². The average Bonchev–Trinajstić information content (AvgIpc) is 2.20. The first-order chi connectivity index (χ1) is 7.65. The van der Waals surface area contributed by atoms with Crippen LogP contribution in [0.3, 0.4) is 0 Å². The summed E-state index contributed by atoms with van der Waals surface area (Å²) in [4.78, 5) is 15.5. The number of aryl methyl sites for hydroxylation is 2. The minimum absolute atomic E-state index is 0.131. The molecule has 4 heteroatoms. The topological polar surface area (TPSA) is 46.9 Å². The van der Waals surface area contributed by atoms with Crippen LogP contribution in [0.2, 0.25) is 0 Å². The summed E-state index contributed by atoms with van der Waals surface area (Å²) in [7, 11) is 0. The maximum absolute atomic E-state index is 11.6. The molecule has 0 aliphatic rings. The zero-order chi connectivity index (χ0) is 12.0. The van der Waals surface area contributed by atoms with Gasteiger partial charge in [0, 0.05) is 17.9 Å². The van der Waals surface area contributed by atoms with Gasteiger partial charge in [0.15, 0.2) is 0 Å². The number of nitrogens with zero attached hydrogens (tertiary/aromatic N) is 2. The number of hydrogen-bond donors (Lipinski definition) is 1. The van der Waals surface area contributed by atoms with Gasteiger partial charge in [0.25, 0.3) is 0 Å². The van der Waals surface area contributed by atoms with Crippen molar-refractivity contribution >= 4 is 0 Å². The molecule has 1 N–H and O–H groups in total. The molecular weight excluding hydrogens is 202 g/mol. The summed E-state index contributed by atoms with van der Waals surface area (Å²) in [5.74, 6) is 0. The lowest BCUT2D eigenvalue weighted by molar-refractivity contribution is 0.550. The molecule has 0 aliphatic carbocycles. The summed E-state index contributed by atoms with van der Waals surface area (Å²) in [6.07, 6.45) is 2.11. The number of nitrogens with one attached hydrogen (secondary N) is 1. The molecule has 1 aromatic heterocycles. The van der Waals surface area contributed by atoms with Crippen LogP contribution in [0.4, 0.5) is 0 Å². The monoisotopic (exact) mass is 223 g/mol. The van der Waals surface area contributed by atoms with Crippen LogP contribution >= 0.6 is 0 Å². The highest BCUT2D eigenvalue weighted by atomic mass is 16.1. The molecular formula is C12H21N3O. The zero-order valence-corrected chi connectivity index (χ0v) is 10.4. The van der Waals surface area contributed by atoms with E-state index in [4.69, 9.17) is 0 Å². The Labute approximate surface area is 96.7 Å². The molecule has 0 fully saturated rings. The highest BCUT2D eigenvalue weighted by Crippen LogP contribution is 1.97. The summed E-state index contributed by atoms with van der Waals surface area (Å²) in [6, 6.07) is 1.95. The Morgan fingerprint density at radius 1 is 1.38 bits per heavy atom.